The van der Waals surface area contributed by atoms with Gasteiger partial charge in [-0.3, -0.25) is 0 Å². The fourth-order valence-electron chi connectivity index (χ4n) is 1.56. The van der Waals surface area contributed by atoms with Crippen molar-refractivity contribution in [3.05, 3.63) is 29.3 Å². The summed E-state index contributed by atoms with van der Waals surface area (Å²) in [5.74, 6) is 1.25. The van der Waals surface area contributed by atoms with E-state index in [0.29, 0.717) is 0 Å². The molecule has 1 heterocycles. The summed E-state index contributed by atoms with van der Waals surface area (Å²) in [7, 11) is 0. The van der Waals surface area contributed by atoms with Crippen molar-refractivity contribution >= 4 is 24.4 Å². The molecular weight excluding hydrogens is 198 g/mol. The summed E-state index contributed by atoms with van der Waals surface area (Å²) in [6.07, 6.45) is 2.47. The molecule has 0 fully saturated rings. The lowest BCUT2D eigenvalue weighted by atomic mass is 10.1. The molecule has 1 aromatic carbocycles. The van der Waals surface area contributed by atoms with E-state index >= 15 is 0 Å². The number of hydrogen-bond donors (Lipinski definition) is 2. The maximum absolute atomic E-state index is 5.70. The zero-order valence-corrected chi connectivity index (χ0v) is 9.07. The SMILES string of the molecule is NC(S)c1ccc2c(c1)CCCS2. The van der Waals surface area contributed by atoms with Crippen LogP contribution in [0, 0.1) is 0 Å². The summed E-state index contributed by atoms with van der Waals surface area (Å²) in [6.45, 7) is 0. The third-order valence-electron chi connectivity index (χ3n) is 2.27. The molecular formula is C10H13NS2. The molecule has 0 saturated heterocycles. The molecule has 1 nitrogen and oxygen atoms in total. The Morgan fingerprint density at radius 1 is 1.46 bits per heavy atom. The van der Waals surface area contributed by atoms with Crippen LogP contribution in [0.25, 0.3) is 0 Å². The Bertz CT molecular complexity index is 310. The fraction of sp³-hybridized carbons (Fsp3) is 0.400. The quantitative estimate of drug-likeness (QED) is 0.551. The van der Waals surface area contributed by atoms with Gasteiger partial charge in [-0.1, -0.05) is 12.1 Å². The molecule has 70 valence electrons. The summed E-state index contributed by atoms with van der Waals surface area (Å²) >= 11 is 6.17. The van der Waals surface area contributed by atoms with E-state index in [9.17, 15) is 0 Å². The lowest BCUT2D eigenvalue weighted by molar-refractivity contribution is 0.881. The van der Waals surface area contributed by atoms with E-state index in [2.05, 4.69) is 30.8 Å². The van der Waals surface area contributed by atoms with Crippen molar-refractivity contribution in [1.29, 1.82) is 0 Å². The molecule has 1 aliphatic rings. The topological polar surface area (TPSA) is 26.0 Å². The van der Waals surface area contributed by atoms with Crippen molar-refractivity contribution in [3.8, 4) is 0 Å². The maximum atomic E-state index is 5.70. The number of thiol groups is 1. The summed E-state index contributed by atoms with van der Waals surface area (Å²) < 4.78 is 0. The molecule has 3 heteroatoms. The molecule has 0 aromatic heterocycles. The predicted octanol–water partition coefficient (Wildman–Crippen LogP) is 2.61. The van der Waals surface area contributed by atoms with E-state index in [-0.39, 0.29) is 5.37 Å². The van der Waals surface area contributed by atoms with Gasteiger partial charge in [-0.25, -0.2) is 0 Å². The van der Waals surface area contributed by atoms with Gasteiger partial charge in [0.25, 0.3) is 0 Å². The Morgan fingerprint density at radius 3 is 3.08 bits per heavy atom. The van der Waals surface area contributed by atoms with Crippen LogP contribution >= 0.6 is 24.4 Å². The minimum atomic E-state index is -0.141. The Labute approximate surface area is 88.5 Å². The largest absolute Gasteiger partial charge is 0.316 e. The van der Waals surface area contributed by atoms with E-state index < -0.39 is 0 Å². The molecule has 0 radical (unpaired) electrons. The summed E-state index contributed by atoms with van der Waals surface area (Å²) in [4.78, 5) is 1.42. The van der Waals surface area contributed by atoms with Crippen molar-refractivity contribution in [2.45, 2.75) is 23.1 Å². The Morgan fingerprint density at radius 2 is 2.31 bits per heavy atom. The monoisotopic (exact) mass is 211 g/mol. The average molecular weight is 211 g/mol. The van der Waals surface area contributed by atoms with Crippen molar-refractivity contribution in [2.24, 2.45) is 5.73 Å². The highest BCUT2D eigenvalue weighted by molar-refractivity contribution is 7.99. The van der Waals surface area contributed by atoms with Crippen molar-refractivity contribution in [2.75, 3.05) is 5.75 Å². The molecule has 1 aliphatic heterocycles. The summed E-state index contributed by atoms with van der Waals surface area (Å²) in [5, 5.41) is -0.141. The molecule has 0 bridgehead atoms. The number of fused-ring (bicyclic) bond motifs is 1. The maximum Gasteiger partial charge on any atom is 0.0734 e. The van der Waals surface area contributed by atoms with Crippen LogP contribution in [0.15, 0.2) is 23.1 Å². The van der Waals surface area contributed by atoms with Gasteiger partial charge in [0, 0.05) is 4.90 Å². The van der Waals surface area contributed by atoms with Crippen LogP contribution in [0.5, 0.6) is 0 Å². The lowest BCUT2D eigenvalue weighted by Crippen LogP contribution is -2.05. The van der Waals surface area contributed by atoms with Gasteiger partial charge in [-0.15, -0.1) is 11.8 Å². The number of thioether (sulfide) groups is 1. The van der Waals surface area contributed by atoms with Crippen molar-refractivity contribution in [1.82, 2.24) is 0 Å². The smallest absolute Gasteiger partial charge is 0.0734 e. The number of hydrogen-bond acceptors (Lipinski definition) is 3. The predicted molar refractivity (Wildman–Crippen MR) is 61.4 cm³/mol. The Hall–Kier alpha value is -0.120. The second kappa shape index (κ2) is 3.95. The number of aryl methyl sites for hydroxylation is 1. The minimum Gasteiger partial charge on any atom is -0.316 e. The highest BCUT2D eigenvalue weighted by Gasteiger charge is 2.11. The minimum absolute atomic E-state index is 0.141. The van der Waals surface area contributed by atoms with E-state index in [1.54, 1.807) is 0 Å². The second-order valence-corrected chi connectivity index (χ2v) is 4.96. The van der Waals surface area contributed by atoms with Crippen LogP contribution in [0.3, 0.4) is 0 Å². The second-order valence-electron chi connectivity index (χ2n) is 3.26. The van der Waals surface area contributed by atoms with Gasteiger partial charge in [0.2, 0.25) is 0 Å². The number of nitrogens with two attached hydrogens (primary N) is 1. The first-order chi connectivity index (χ1) is 6.27. The van der Waals surface area contributed by atoms with Crippen LogP contribution < -0.4 is 5.73 Å². The van der Waals surface area contributed by atoms with E-state index in [1.807, 2.05) is 11.8 Å². The Balaban J connectivity index is 2.35. The van der Waals surface area contributed by atoms with Gasteiger partial charge < -0.3 is 5.73 Å². The van der Waals surface area contributed by atoms with E-state index in [1.165, 1.54) is 29.1 Å². The fourth-order valence-corrected chi connectivity index (χ4v) is 2.74. The highest BCUT2D eigenvalue weighted by Crippen LogP contribution is 2.31. The molecule has 2 rings (SSSR count). The summed E-state index contributed by atoms with van der Waals surface area (Å²) in [6, 6.07) is 6.44. The van der Waals surface area contributed by atoms with Crippen molar-refractivity contribution < 1.29 is 0 Å². The first-order valence-electron chi connectivity index (χ1n) is 4.46. The molecule has 0 aliphatic carbocycles. The van der Waals surface area contributed by atoms with Gasteiger partial charge in [0.05, 0.1) is 5.37 Å². The van der Waals surface area contributed by atoms with Gasteiger partial charge in [-0.2, -0.15) is 12.6 Å². The molecule has 0 amide bonds. The van der Waals surface area contributed by atoms with Crippen molar-refractivity contribution in [3.63, 3.8) is 0 Å². The molecule has 0 saturated carbocycles. The molecule has 13 heavy (non-hydrogen) atoms. The van der Waals surface area contributed by atoms with Gasteiger partial charge >= 0.3 is 0 Å². The normalized spacial score (nSPS) is 18.0. The van der Waals surface area contributed by atoms with Gasteiger partial charge in [-0.05, 0) is 35.8 Å². The average Bonchev–Trinajstić information content (AvgIpc) is 2.17. The zero-order valence-electron chi connectivity index (χ0n) is 7.36. The van der Waals surface area contributed by atoms with Crippen LogP contribution in [0.1, 0.15) is 22.9 Å². The highest BCUT2D eigenvalue weighted by atomic mass is 32.2. The zero-order chi connectivity index (χ0) is 9.26. The molecule has 0 spiro atoms. The molecule has 1 unspecified atom stereocenters. The summed E-state index contributed by atoms with van der Waals surface area (Å²) in [5.41, 5.74) is 8.28. The third-order valence-corrected chi connectivity index (χ3v) is 3.77. The van der Waals surface area contributed by atoms with Crippen LogP contribution in [-0.2, 0) is 6.42 Å². The molecule has 2 N–H and O–H groups in total. The van der Waals surface area contributed by atoms with Gasteiger partial charge in [0.15, 0.2) is 0 Å². The first kappa shape index (κ1) is 9.44. The van der Waals surface area contributed by atoms with Gasteiger partial charge in [0.1, 0.15) is 0 Å². The first-order valence-corrected chi connectivity index (χ1v) is 5.97. The van der Waals surface area contributed by atoms with Crippen LogP contribution in [0.2, 0.25) is 0 Å². The lowest BCUT2D eigenvalue weighted by Gasteiger charge is -2.16. The van der Waals surface area contributed by atoms with Crippen LogP contribution in [0.4, 0.5) is 0 Å². The number of rotatable bonds is 1. The molecule has 1 atom stereocenters. The number of benzene rings is 1. The van der Waals surface area contributed by atoms with E-state index in [0.717, 1.165) is 5.56 Å². The van der Waals surface area contributed by atoms with Crippen LogP contribution in [-0.4, -0.2) is 5.75 Å². The standard InChI is InChI=1S/C10H13NS2/c11-10(12)8-3-4-9-7(6-8)2-1-5-13-9/h3-4,6,10,12H,1-2,5,11H2. The van der Waals surface area contributed by atoms with E-state index in [4.69, 9.17) is 5.73 Å². The third kappa shape index (κ3) is 2.03. The molecule has 1 aromatic rings. The Kier molecular flexibility index (Phi) is 2.86.